The second-order valence-electron chi connectivity index (χ2n) is 4.23. The first kappa shape index (κ1) is 12.9. The molecule has 0 aliphatic rings. The van der Waals surface area contributed by atoms with Crippen LogP contribution >= 0.6 is 0 Å². The lowest BCUT2D eigenvalue weighted by Gasteiger charge is -2.30. The van der Waals surface area contributed by atoms with Crippen molar-refractivity contribution in [3.8, 4) is 0 Å². The van der Waals surface area contributed by atoms with Crippen LogP contribution in [-0.2, 0) is 14.3 Å². The van der Waals surface area contributed by atoms with Crippen LogP contribution in [0.1, 0.15) is 20.8 Å². The number of rotatable bonds is 3. The molecule has 0 saturated heterocycles. The number of ether oxygens (including phenoxy) is 1. The van der Waals surface area contributed by atoms with Gasteiger partial charge in [-0.05, 0) is 5.41 Å². The lowest BCUT2D eigenvalue weighted by Crippen LogP contribution is -2.48. The van der Waals surface area contributed by atoms with Gasteiger partial charge in [0.2, 0.25) is 0 Å². The third-order valence-electron chi connectivity index (χ3n) is 2.03. The van der Waals surface area contributed by atoms with E-state index in [0.29, 0.717) is 0 Å². The Morgan fingerprint density at radius 2 is 1.79 bits per heavy atom. The average molecular weight is 203 g/mol. The number of nitrogens with two attached hydrogens (primary N) is 1. The molecule has 0 bridgehead atoms. The van der Waals surface area contributed by atoms with Gasteiger partial charge in [0.05, 0.1) is 13.0 Å². The minimum atomic E-state index is -1.13. The van der Waals surface area contributed by atoms with Crippen molar-refractivity contribution in [1.82, 2.24) is 0 Å². The van der Waals surface area contributed by atoms with E-state index in [0.717, 1.165) is 0 Å². The molecule has 0 rings (SSSR count). The lowest BCUT2D eigenvalue weighted by atomic mass is 9.76. The molecule has 5 nitrogen and oxygen atoms in total. The van der Waals surface area contributed by atoms with E-state index >= 15 is 0 Å². The van der Waals surface area contributed by atoms with Crippen LogP contribution in [0.5, 0.6) is 0 Å². The number of aliphatic carboxylic acids is 1. The molecule has 0 aromatic rings. The van der Waals surface area contributed by atoms with Crippen LogP contribution in [0, 0.1) is 11.3 Å². The number of hydrogen-bond acceptors (Lipinski definition) is 4. The van der Waals surface area contributed by atoms with Crippen LogP contribution in [0.2, 0.25) is 0 Å². The molecule has 0 amide bonds. The number of esters is 1. The largest absolute Gasteiger partial charge is 0.481 e. The summed E-state index contributed by atoms with van der Waals surface area (Å²) in [5, 5.41) is 8.94. The summed E-state index contributed by atoms with van der Waals surface area (Å²) in [6.07, 6.45) is 0. The molecule has 2 unspecified atom stereocenters. The molecule has 0 aromatic heterocycles. The molecule has 0 aliphatic carbocycles. The van der Waals surface area contributed by atoms with E-state index in [-0.39, 0.29) is 0 Å². The predicted octanol–water partition coefficient (Wildman–Crippen LogP) is 0.234. The first-order chi connectivity index (χ1) is 6.21. The van der Waals surface area contributed by atoms with Crippen molar-refractivity contribution in [2.75, 3.05) is 7.11 Å². The Labute approximate surface area is 83.2 Å². The summed E-state index contributed by atoms with van der Waals surface area (Å²) >= 11 is 0. The van der Waals surface area contributed by atoms with E-state index in [9.17, 15) is 9.59 Å². The number of carbonyl (C=O) groups excluding carboxylic acids is 1. The minimum Gasteiger partial charge on any atom is -0.481 e. The van der Waals surface area contributed by atoms with Crippen molar-refractivity contribution in [3.05, 3.63) is 0 Å². The number of carboxylic acids is 1. The maximum Gasteiger partial charge on any atom is 0.323 e. The number of carbonyl (C=O) groups is 2. The fourth-order valence-corrected chi connectivity index (χ4v) is 1.33. The fraction of sp³-hybridized carbons (Fsp3) is 0.778. The van der Waals surface area contributed by atoms with Crippen LogP contribution in [-0.4, -0.2) is 30.2 Å². The topological polar surface area (TPSA) is 89.6 Å². The molecule has 82 valence electrons. The second-order valence-corrected chi connectivity index (χ2v) is 4.23. The first-order valence-electron chi connectivity index (χ1n) is 4.28. The number of methoxy groups -OCH3 is 1. The molecule has 0 aliphatic heterocycles. The van der Waals surface area contributed by atoms with Gasteiger partial charge in [0.1, 0.15) is 6.04 Å². The summed E-state index contributed by atoms with van der Waals surface area (Å²) in [7, 11) is 1.18. The highest BCUT2D eigenvalue weighted by molar-refractivity contribution is 5.84. The summed E-state index contributed by atoms with van der Waals surface area (Å²) in [4.78, 5) is 22.0. The zero-order chi connectivity index (χ0) is 11.5. The van der Waals surface area contributed by atoms with Crippen molar-refractivity contribution < 1.29 is 19.4 Å². The Morgan fingerprint density at radius 1 is 1.36 bits per heavy atom. The van der Waals surface area contributed by atoms with E-state index in [2.05, 4.69) is 4.74 Å². The molecule has 2 atom stereocenters. The highest BCUT2D eigenvalue weighted by Crippen LogP contribution is 2.28. The predicted molar refractivity (Wildman–Crippen MR) is 50.6 cm³/mol. The van der Waals surface area contributed by atoms with Gasteiger partial charge >= 0.3 is 11.9 Å². The molecule has 5 heteroatoms. The Bertz CT molecular complexity index is 231. The Balaban J connectivity index is 4.85. The quantitative estimate of drug-likeness (QED) is 0.641. The van der Waals surface area contributed by atoms with Crippen molar-refractivity contribution in [1.29, 1.82) is 0 Å². The molecule has 14 heavy (non-hydrogen) atoms. The molecular weight excluding hydrogens is 186 g/mol. The third kappa shape index (κ3) is 2.99. The lowest BCUT2D eigenvalue weighted by molar-refractivity contribution is -0.155. The molecule has 0 spiro atoms. The maximum absolute atomic E-state index is 11.1. The van der Waals surface area contributed by atoms with Crippen LogP contribution in [0.3, 0.4) is 0 Å². The maximum atomic E-state index is 11.1. The molecule has 0 aromatic carbocycles. The van der Waals surface area contributed by atoms with Crippen LogP contribution in [0.4, 0.5) is 0 Å². The zero-order valence-corrected chi connectivity index (χ0v) is 8.90. The Hall–Kier alpha value is -1.10. The van der Waals surface area contributed by atoms with Crippen molar-refractivity contribution in [3.63, 3.8) is 0 Å². The summed E-state index contributed by atoms with van der Waals surface area (Å²) in [6, 6.07) is -1.13. The molecule has 0 saturated carbocycles. The smallest absolute Gasteiger partial charge is 0.323 e. The van der Waals surface area contributed by atoms with Gasteiger partial charge in [-0.2, -0.15) is 0 Å². The van der Waals surface area contributed by atoms with Gasteiger partial charge < -0.3 is 15.6 Å². The van der Waals surface area contributed by atoms with Gasteiger partial charge in [0.25, 0.3) is 0 Å². The van der Waals surface area contributed by atoms with E-state index in [4.69, 9.17) is 10.8 Å². The van der Waals surface area contributed by atoms with Crippen LogP contribution in [0.15, 0.2) is 0 Å². The average Bonchev–Trinajstić information content (AvgIpc) is 1.99. The molecule has 0 heterocycles. The fourth-order valence-electron chi connectivity index (χ4n) is 1.33. The Morgan fingerprint density at radius 3 is 2.00 bits per heavy atom. The van der Waals surface area contributed by atoms with E-state index in [1.54, 1.807) is 20.8 Å². The summed E-state index contributed by atoms with van der Waals surface area (Å²) in [5.74, 6) is -2.74. The van der Waals surface area contributed by atoms with Crippen molar-refractivity contribution in [2.24, 2.45) is 17.1 Å². The molecule has 0 fully saturated rings. The van der Waals surface area contributed by atoms with Gasteiger partial charge in [-0.1, -0.05) is 20.8 Å². The van der Waals surface area contributed by atoms with Crippen LogP contribution < -0.4 is 5.73 Å². The third-order valence-corrected chi connectivity index (χ3v) is 2.03. The minimum absolute atomic E-state index is 0.584. The standard InChI is InChI=1S/C9H17NO4/c1-9(2,3)5(7(11)12)6(10)8(13)14-4/h5-6H,10H2,1-4H3,(H,11,12). The van der Waals surface area contributed by atoms with Crippen molar-refractivity contribution in [2.45, 2.75) is 26.8 Å². The molecule has 3 N–H and O–H groups in total. The monoisotopic (exact) mass is 203 g/mol. The van der Waals surface area contributed by atoms with Gasteiger partial charge in [0, 0.05) is 0 Å². The van der Waals surface area contributed by atoms with Gasteiger partial charge in [0.15, 0.2) is 0 Å². The molecule has 0 radical (unpaired) electrons. The summed E-state index contributed by atoms with van der Waals surface area (Å²) < 4.78 is 4.41. The van der Waals surface area contributed by atoms with Gasteiger partial charge in [-0.15, -0.1) is 0 Å². The van der Waals surface area contributed by atoms with E-state index in [1.165, 1.54) is 7.11 Å². The summed E-state index contributed by atoms with van der Waals surface area (Å²) in [6.45, 7) is 5.15. The first-order valence-corrected chi connectivity index (χ1v) is 4.28. The second kappa shape index (κ2) is 4.41. The number of carboxylic acid groups (broad SMARTS) is 1. The number of hydrogen-bond donors (Lipinski definition) is 2. The Kier molecular flexibility index (Phi) is 4.07. The van der Waals surface area contributed by atoms with Crippen LogP contribution in [0.25, 0.3) is 0 Å². The highest BCUT2D eigenvalue weighted by atomic mass is 16.5. The van der Waals surface area contributed by atoms with Crippen molar-refractivity contribution >= 4 is 11.9 Å². The van der Waals surface area contributed by atoms with E-state index < -0.39 is 29.3 Å². The summed E-state index contributed by atoms with van der Waals surface area (Å²) in [5.41, 5.74) is 4.92. The highest BCUT2D eigenvalue weighted by Gasteiger charge is 2.40. The van der Waals surface area contributed by atoms with Gasteiger partial charge in [-0.3, -0.25) is 9.59 Å². The van der Waals surface area contributed by atoms with E-state index in [1.807, 2.05) is 0 Å². The molecular formula is C9H17NO4. The normalized spacial score (nSPS) is 15.8. The van der Waals surface area contributed by atoms with Gasteiger partial charge in [-0.25, -0.2) is 0 Å². The zero-order valence-electron chi connectivity index (χ0n) is 8.90. The SMILES string of the molecule is COC(=O)C(N)C(C(=O)O)C(C)(C)C.